The van der Waals surface area contributed by atoms with Crippen molar-refractivity contribution in [2.24, 2.45) is 0 Å². The summed E-state index contributed by atoms with van der Waals surface area (Å²) in [5.41, 5.74) is 4.25. The Morgan fingerprint density at radius 1 is 1.35 bits per heavy atom. The predicted octanol–water partition coefficient (Wildman–Crippen LogP) is 2.93. The Balaban J connectivity index is 1.80. The van der Waals surface area contributed by atoms with E-state index in [0.717, 1.165) is 55.0 Å². The van der Waals surface area contributed by atoms with Gasteiger partial charge in [-0.15, -0.1) is 0 Å². The standard InChI is InChI=1S/C18H26N4O/c1-5-21-14(3)9-17(15(21)4)18(23)22-8-6-7-16(22)12-20-11-13(2)10-19-20/h9-11,16H,5-8,12H2,1-4H3/t16-/m0/s1. The fraction of sp³-hybridized carbons (Fsp3) is 0.556. The molecule has 0 aromatic carbocycles. The fourth-order valence-corrected chi connectivity index (χ4v) is 3.73. The number of hydrogen-bond donors (Lipinski definition) is 0. The lowest BCUT2D eigenvalue weighted by atomic mass is 10.1. The van der Waals surface area contributed by atoms with Crippen LogP contribution in [0.15, 0.2) is 18.5 Å². The first kappa shape index (κ1) is 15.8. The molecule has 23 heavy (non-hydrogen) atoms. The van der Waals surface area contributed by atoms with Crippen LogP contribution in [-0.2, 0) is 13.1 Å². The van der Waals surface area contributed by atoms with Gasteiger partial charge in [-0.1, -0.05) is 0 Å². The van der Waals surface area contributed by atoms with Crippen molar-refractivity contribution in [1.29, 1.82) is 0 Å². The molecule has 0 aliphatic carbocycles. The molecule has 5 heteroatoms. The van der Waals surface area contributed by atoms with Crippen molar-refractivity contribution in [1.82, 2.24) is 19.2 Å². The first-order chi connectivity index (χ1) is 11.0. The minimum atomic E-state index is 0.171. The van der Waals surface area contributed by atoms with Gasteiger partial charge in [-0.25, -0.2) is 0 Å². The van der Waals surface area contributed by atoms with Crippen molar-refractivity contribution >= 4 is 5.91 Å². The summed E-state index contributed by atoms with van der Waals surface area (Å²) < 4.78 is 4.16. The van der Waals surface area contributed by atoms with E-state index in [0.29, 0.717) is 0 Å². The van der Waals surface area contributed by atoms with E-state index in [9.17, 15) is 4.79 Å². The van der Waals surface area contributed by atoms with Gasteiger partial charge in [0.25, 0.3) is 5.91 Å². The highest BCUT2D eigenvalue weighted by Gasteiger charge is 2.31. The number of nitrogens with zero attached hydrogens (tertiary/aromatic N) is 4. The van der Waals surface area contributed by atoms with Gasteiger partial charge >= 0.3 is 0 Å². The Morgan fingerprint density at radius 3 is 2.74 bits per heavy atom. The normalized spacial score (nSPS) is 17.9. The summed E-state index contributed by atoms with van der Waals surface area (Å²) in [5.74, 6) is 0.171. The summed E-state index contributed by atoms with van der Waals surface area (Å²) in [5, 5.41) is 4.37. The van der Waals surface area contributed by atoms with E-state index >= 15 is 0 Å². The molecule has 0 N–H and O–H groups in total. The van der Waals surface area contributed by atoms with Gasteiger partial charge < -0.3 is 9.47 Å². The number of carbonyl (C=O) groups is 1. The van der Waals surface area contributed by atoms with Crippen LogP contribution < -0.4 is 0 Å². The molecule has 0 unspecified atom stereocenters. The Hall–Kier alpha value is -2.04. The van der Waals surface area contributed by atoms with Crippen LogP contribution in [0.2, 0.25) is 0 Å². The Kier molecular flexibility index (Phi) is 4.28. The molecule has 1 atom stereocenters. The van der Waals surface area contributed by atoms with Crippen LogP contribution in [0.4, 0.5) is 0 Å². The van der Waals surface area contributed by atoms with Crippen LogP contribution in [0.1, 0.15) is 47.1 Å². The predicted molar refractivity (Wildman–Crippen MR) is 90.6 cm³/mol. The summed E-state index contributed by atoms with van der Waals surface area (Å²) in [4.78, 5) is 15.1. The molecule has 1 fully saturated rings. The highest BCUT2D eigenvalue weighted by molar-refractivity contribution is 5.96. The van der Waals surface area contributed by atoms with E-state index in [1.54, 1.807) is 0 Å². The number of likely N-dealkylation sites (tertiary alicyclic amines) is 1. The van der Waals surface area contributed by atoms with Crippen molar-refractivity contribution in [3.63, 3.8) is 0 Å². The minimum Gasteiger partial charge on any atom is -0.349 e. The van der Waals surface area contributed by atoms with Gasteiger partial charge in [0.05, 0.1) is 24.3 Å². The van der Waals surface area contributed by atoms with Gasteiger partial charge in [-0.05, 0) is 52.2 Å². The molecule has 0 bridgehead atoms. The van der Waals surface area contributed by atoms with E-state index in [1.807, 2.05) is 41.9 Å². The van der Waals surface area contributed by atoms with E-state index in [2.05, 4.69) is 23.5 Å². The molecule has 0 saturated carbocycles. The monoisotopic (exact) mass is 314 g/mol. The zero-order chi connectivity index (χ0) is 16.6. The minimum absolute atomic E-state index is 0.171. The van der Waals surface area contributed by atoms with Gasteiger partial charge in [0.2, 0.25) is 0 Å². The lowest BCUT2D eigenvalue weighted by Gasteiger charge is -2.25. The third-order valence-electron chi connectivity index (χ3n) is 4.92. The Morgan fingerprint density at radius 2 is 2.13 bits per heavy atom. The number of aryl methyl sites for hydroxylation is 2. The maximum absolute atomic E-state index is 13.0. The molecule has 3 rings (SSSR count). The Bertz CT molecular complexity index is 713. The zero-order valence-corrected chi connectivity index (χ0v) is 14.5. The van der Waals surface area contributed by atoms with Gasteiger partial charge in [0.1, 0.15) is 0 Å². The molecule has 124 valence electrons. The van der Waals surface area contributed by atoms with E-state index in [1.165, 1.54) is 0 Å². The molecular weight excluding hydrogens is 288 g/mol. The van der Waals surface area contributed by atoms with E-state index in [-0.39, 0.29) is 11.9 Å². The van der Waals surface area contributed by atoms with Crippen molar-refractivity contribution in [2.75, 3.05) is 6.54 Å². The molecule has 0 radical (unpaired) electrons. The van der Waals surface area contributed by atoms with Crippen LogP contribution in [0.5, 0.6) is 0 Å². The summed E-state index contributed by atoms with van der Waals surface area (Å²) in [6, 6.07) is 2.28. The first-order valence-electron chi connectivity index (χ1n) is 8.48. The summed E-state index contributed by atoms with van der Waals surface area (Å²) in [6.45, 7) is 10.8. The van der Waals surface area contributed by atoms with E-state index in [4.69, 9.17) is 0 Å². The van der Waals surface area contributed by atoms with Crippen LogP contribution in [-0.4, -0.2) is 37.7 Å². The molecule has 1 aliphatic rings. The second kappa shape index (κ2) is 6.22. The Labute approximate surface area is 137 Å². The van der Waals surface area contributed by atoms with E-state index < -0.39 is 0 Å². The van der Waals surface area contributed by atoms with Crippen molar-refractivity contribution in [3.8, 4) is 0 Å². The number of hydrogen-bond acceptors (Lipinski definition) is 2. The SMILES string of the molecule is CCn1c(C)cc(C(=O)N2CCC[C@H]2Cn2cc(C)cn2)c1C. The molecule has 2 aromatic rings. The summed E-state index contributed by atoms with van der Waals surface area (Å²) in [6.07, 6.45) is 6.04. The fourth-order valence-electron chi connectivity index (χ4n) is 3.73. The van der Waals surface area contributed by atoms with Crippen LogP contribution in [0.3, 0.4) is 0 Å². The lowest BCUT2D eigenvalue weighted by molar-refractivity contribution is 0.0721. The molecule has 0 spiro atoms. The summed E-state index contributed by atoms with van der Waals surface area (Å²) >= 11 is 0. The number of aromatic nitrogens is 3. The van der Waals surface area contributed by atoms with Gasteiger partial charge in [0, 0.05) is 30.7 Å². The third-order valence-corrected chi connectivity index (χ3v) is 4.92. The molecule has 2 aromatic heterocycles. The average molecular weight is 314 g/mol. The highest BCUT2D eigenvalue weighted by Crippen LogP contribution is 2.24. The number of amides is 1. The molecular formula is C18H26N4O. The molecule has 1 aliphatic heterocycles. The van der Waals surface area contributed by atoms with Gasteiger partial charge in [-0.3, -0.25) is 9.48 Å². The lowest BCUT2D eigenvalue weighted by Crippen LogP contribution is -2.38. The maximum Gasteiger partial charge on any atom is 0.255 e. The largest absolute Gasteiger partial charge is 0.349 e. The second-order valence-electron chi connectivity index (χ2n) is 6.56. The molecule has 1 saturated heterocycles. The summed E-state index contributed by atoms with van der Waals surface area (Å²) in [7, 11) is 0. The van der Waals surface area contributed by atoms with Crippen molar-refractivity contribution in [2.45, 2.75) is 59.7 Å². The van der Waals surface area contributed by atoms with Crippen molar-refractivity contribution < 1.29 is 4.79 Å². The quantitative estimate of drug-likeness (QED) is 0.871. The highest BCUT2D eigenvalue weighted by atomic mass is 16.2. The van der Waals surface area contributed by atoms with Crippen LogP contribution in [0.25, 0.3) is 0 Å². The second-order valence-corrected chi connectivity index (χ2v) is 6.56. The van der Waals surface area contributed by atoms with Crippen LogP contribution in [0, 0.1) is 20.8 Å². The van der Waals surface area contributed by atoms with Crippen molar-refractivity contribution in [3.05, 3.63) is 41.0 Å². The third kappa shape index (κ3) is 2.92. The maximum atomic E-state index is 13.0. The number of rotatable bonds is 4. The zero-order valence-electron chi connectivity index (χ0n) is 14.5. The van der Waals surface area contributed by atoms with Crippen LogP contribution >= 0.6 is 0 Å². The topological polar surface area (TPSA) is 43.1 Å². The average Bonchev–Trinajstić information content (AvgIpc) is 3.20. The smallest absolute Gasteiger partial charge is 0.255 e. The molecule has 5 nitrogen and oxygen atoms in total. The number of carbonyl (C=O) groups excluding carboxylic acids is 1. The first-order valence-corrected chi connectivity index (χ1v) is 8.48. The molecule has 3 heterocycles. The van der Waals surface area contributed by atoms with Gasteiger partial charge in [0.15, 0.2) is 0 Å². The van der Waals surface area contributed by atoms with Gasteiger partial charge in [-0.2, -0.15) is 5.10 Å². The molecule has 1 amide bonds.